The number of hydrogen-bond donors (Lipinski definition) is 2. The summed E-state index contributed by atoms with van der Waals surface area (Å²) in [4.78, 5) is 15.3. The smallest absolute Gasteiger partial charge is 0.387 e. The van der Waals surface area contributed by atoms with Crippen LogP contribution in [0.15, 0.2) is 29.2 Å². The molecule has 0 atom stereocenters. The van der Waals surface area contributed by atoms with Crippen LogP contribution in [0.25, 0.3) is 0 Å². The maximum absolute atomic E-state index is 11.4. The van der Waals surface area contributed by atoms with E-state index >= 15 is 0 Å². The zero-order valence-electron chi connectivity index (χ0n) is 9.65. The Morgan fingerprint density at radius 1 is 1.63 bits per heavy atom. The van der Waals surface area contributed by atoms with Gasteiger partial charge in [0, 0.05) is 18.9 Å². The largest absolute Gasteiger partial charge is 0.415 e. The van der Waals surface area contributed by atoms with Crippen molar-refractivity contribution in [3.63, 3.8) is 0 Å². The van der Waals surface area contributed by atoms with Gasteiger partial charge < -0.3 is 20.4 Å². The highest BCUT2D eigenvalue weighted by atomic mass is 16.8. The van der Waals surface area contributed by atoms with E-state index in [1.165, 1.54) is 0 Å². The number of amides is 1. The Morgan fingerprint density at radius 3 is 3.16 bits per heavy atom. The Kier molecular flexibility index (Phi) is 3.88. The van der Waals surface area contributed by atoms with E-state index in [9.17, 15) is 10.0 Å². The monoisotopic (exact) mass is 266 g/mol. The van der Waals surface area contributed by atoms with Crippen molar-refractivity contribution in [3.05, 3.63) is 41.0 Å². The summed E-state index contributed by atoms with van der Waals surface area (Å²) in [7, 11) is 0. The molecule has 0 aliphatic carbocycles. The van der Waals surface area contributed by atoms with Crippen LogP contribution >= 0.6 is 0 Å². The van der Waals surface area contributed by atoms with Crippen LogP contribution in [0.5, 0.6) is 5.88 Å². The summed E-state index contributed by atoms with van der Waals surface area (Å²) in [6.07, 6.45) is 2.37. The van der Waals surface area contributed by atoms with Gasteiger partial charge in [-0.2, -0.15) is 0 Å². The molecule has 0 saturated heterocycles. The molecule has 0 spiro atoms. The lowest BCUT2D eigenvalue weighted by Gasteiger charge is -2.02. The third-order valence-corrected chi connectivity index (χ3v) is 2.16. The molecule has 9 heteroatoms. The van der Waals surface area contributed by atoms with Gasteiger partial charge in [0.1, 0.15) is 6.61 Å². The van der Waals surface area contributed by atoms with Gasteiger partial charge in [-0.3, -0.25) is 9.61 Å². The molecule has 0 aliphatic rings. The topological polar surface area (TPSA) is 124 Å². The average Bonchev–Trinajstić information content (AvgIpc) is 2.78. The zero-order valence-corrected chi connectivity index (χ0v) is 9.65. The Balaban J connectivity index is 1.91. The number of hydrogen-bond acceptors (Lipinski definition) is 7. The SMILES string of the molecule is O=C(NCc1cccnc1)Oc1no[n+]([O-])c1CO. The molecule has 0 fully saturated rings. The number of aliphatic hydroxyl groups excluding tert-OH is 1. The van der Waals surface area contributed by atoms with Gasteiger partial charge in [-0.15, -0.1) is 0 Å². The first-order valence-corrected chi connectivity index (χ1v) is 5.24. The molecule has 2 heterocycles. The molecule has 100 valence electrons. The van der Waals surface area contributed by atoms with Gasteiger partial charge >= 0.3 is 12.0 Å². The first-order valence-electron chi connectivity index (χ1n) is 5.24. The number of carbonyl (C=O) groups is 1. The average molecular weight is 266 g/mol. The van der Waals surface area contributed by atoms with E-state index in [0.29, 0.717) is 0 Å². The number of rotatable bonds is 4. The van der Waals surface area contributed by atoms with Crippen LogP contribution in [0, 0.1) is 5.21 Å². The van der Waals surface area contributed by atoms with Gasteiger partial charge in [0.2, 0.25) is 0 Å². The molecule has 0 radical (unpaired) electrons. The number of pyridine rings is 1. The van der Waals surface area contributed by atoms with E-state index in [-0.39, 0.29) is 23.0 Å². The molecule has 0 aromatic carbocycles. The van der Waals surface area contributed by atoms with Gasteiger partial charge in [-0.05, 0) is 16.5 Å². The fraction of sp³-hybridized carbons (Fsp3) is 0.200. The lowest BCUT2D eigenvalue weighted by Crippen LogP contribution is -2.30. The molecule has 2 rings (SSSR count). The van der Waals surface area contributed by atoms with Gasteiger partial charge in [-0.1, -0.05) is 6.07 Å². The van der Waals surface area contributed by atoms with E-state index in [1.807, 2.05) is 0 Å². The van der Waals surface area contributed by atoms with Crippen LogP contribution in [0.2, 0.25) is 0 Å². The Morgan fingerprint density at radius 2 is 2.47 bits per heavy atom. The highest BCUT2D eigenvalue weighted by Gasteiger charge is 2.22. The third kappa shape index (κ3) is 3.16. The van der Waals surface area contributed by atoms with Crippen molar-refractivity contribution in [2.45, 2.75) is 13.2 Å². The molecule has 0 saturated carbocycles. The standard InChI is InChI=1S/C10H10N4O5/c15-6-8-9(13-19-14(8)17)18-10(16)12-5-7-2-1-3-11-4-7/h1-4,15H,5-6H2,(H,12,16). The normalized spacial score (nSPS) is 10.2. The maximum atomic E-state index is 11.4. The molecule has 9 nitrogen and oxygen atoms in total. The Hall–Kier alpha value is -2.68. The second kappa shape index (κ2) is 5.78. The van der Waals surface area contributed by atoms with E-state index < -0.39 is 12.7 Å². The maximum Gasteiger partial charge on any atom is 0.415 e. The van der Waals surface area contributed by atoms with E-state index in [1.54, 1.807) is 24.5 Å². The molecule has 2 aromatic heterocycles. The van der Waals surface area contributed by atoms with Crippen molar-refractivity contribution in [2.75, 3.05) is 0 Å². The predicted molar refractivity (Wildman–Crippen MR) is 58.5 cm³/mol. The van der Waals surface area contributed by atoms with Crippen LogP contribution in [-0.4, -0.2) is 21.3 Å². The lowest BCUT2D eigenvalue weighted by atomic mass is 10.3. The van der Waals surface area contributed by atoms with E-state index in [4.69, 9.17) is 9.84 Å². The molecule has 0 bridgehead atoms. The summed E-state index contributed by atoms with van der Waals surface area (Å²) < 4.78 is 8.91. The lowest BCUT2D eigenvalue weighted by molar-refractivity contribution is -0.809. The van der Waals surface area contributed by atoms with Crippen molar-refractivity contribution in [3.8, 4) is 5.88 Å². The van der Waals surface area contributed by atoms with Crippen molar-refractivity contribution in [2.24, 2.45) is 0 Å². The molecular weight excluding hydrogens is 256 g/mol. The minimum absolute atomic E-state index is 0.0380. The van der Waals surface area contributed by atoms with Crippen molar-refractivity contribution in [1.29, 1.82) is 0 Å². The summed E-state index contributed by atoms with van der Waals surface area (Å²) in [5, 5.41) is 25.4. The fourth-order valence-electron chi connectivity index (χ4n) is 1.26. The predicted octanol–water partition coefficient (Wildman–Crippen LogP) is -0.516. The molecular formula is C10H10N4O5. The second-order valence-corrected chi connectivity index (χ2v) is 3.44. The number of nitrogens with zero attached hydrogens (tertiary/aromatic N) is 3. The van der Waals surface area contributed by atoms with Crippen LogP contribution in [0.3, 0.4) is 0 Å². The van der Waals surface area contributed by atoms with Crippen molar-refractivity contribution in [1.82, 2.24) is 15.5 Å². The zero-order chi connectivity index (χ0) is 13.7. The Labute approximate surface area is 107 Å². The number of carbonyl (C=O) groups excluding carboxylic acids is 1. The van der Waals surface area contributed by atoms with E-state index in [0.717, 1.165) is 5.56 Å². The van der Waals surface area contributed by atoms with Gasteiger partial charge in [0.25, 0.3) is 5.69 Å². The second-order valence-electron chi connectivity index (χ2n) is 3.44. The van der Waals surface area contributed by atoms with Crippen LogP contribution in [-0.2, 0) is 13.2 Å². The summed E-state index contributed by atoms with van der Waals surface area (Å²) in [6, 6.07) is 3.50. The summed E-state index contributed by atoms with van der Waals surface area (Å²) in [5.41, 5.74) is 0.498. The van der Waals surface area contributed by atoms with Crippen LogP contribution in [0.1, 0.15) is 11.3 Å². The molecule has 19 heavy (non-hydrogen) atoms. The first-order chi connectivity index (χ1) is 9.20. The van der Waals surface area contributed by atoms with Crippen LogP contribution < -0.4 is 15.0 Å². The van der Waals surface area contributed by atoms with Crippen molar-refractivity contribution < 1.29 is 24.2 Å². The molecule has 2 N–H and O–H groups in total. The third-order valence-electron chi connectivity index (χ3n) is 2.16. The number of ether oxygens (including phenoxy) is 1. The number of aliphatic hydroxyl groups is 1. The van der Waals surface area contributed by atoms with Crippen LogP contribution in [0.4, 0.5) is 4.79 Å². The highest BCUT2D eigenvalue weighted by Crippen LogP contribution is 2.10. The van der Waals surface area contributed by atoms with E-state index in [2.05, 4.69) is 20.1 Å². The highest BCUT2D eigenvalue weighted by molar-refractivity contribution is 5.69. The minimum atomic E-state index is -0.826. The molecule has 0 aliphatic heterocycles. The number of aromatic nitrogens is 3. The molecule has 2 aromatic rings. The molecule has 1 amide bonds. The minimum Gasteiger partial charge on any atom is -0.387 e. The summed E-state index contributed by atoms with van der Waals surface area (Å²) in [6.45, 7) is -0.450. The van der Waals surface area contributed by atoms with Gasteiger partial charge in [0.05, 0.1) is 5.16 Å². The molecule has 0 unspecified atom stereocenters. The van der Waals surface area contributed by atoms with Crippen molar-refractivity contribution >= 4 is 6.09 Å². The van der Waals surface area contributed by atoms with Gasteiger partial charge in [0.15, 0.2) is 0 Å². The fourth-order valence-corrected chi connectivity index (χ4v) is 1.26. The first kappa shape index (κ1) is 12.8. The van der Waals surface area contributed by atoms with Gasteiger partial charge in [-0.25, -0.2) is 4.79 Å². The quantitative estimate of drug-likeness (QED) is 0.713. The Bertz CT molecular complexity index is 556. The summed E-state index contributed by atoms with van der Waals surface area (Å²) in [5.74, 6) is -0.374. The number of nitrogens with one attached hydrogen (secondary N) is 1. The summed E-state index contributed by atoms with van der Waals surface area (Å²) >= 11 is 0.